The smallest absolute Gasteiger partial charge is 0.0108 e. The Hall–Kier alpha value is -0.227. The molecule has 0 nitrogen and oxygen atoms in total. The zero-order chi connectivity index (χ0) is 5.11. The fraction of sp³-hybridized carbons (Fsp3) is 0. The average molecular weight is 198 g/mol. The van der Waals surface area contributed by atoms with Crippen molar-refractivity contribution in [2.24, 2.45) is 0 Å². The van der Waals surface area contributed by atoms with E-state index in [1.165, 1.54) is 12.1 Å². The summed E-state index contributed by atoms with van der Waals surface area (Å²) in [5, 5.41) is 0. The zero-order valence-electron chi connectivity index (χ0n) is 4.02. The van der Waals surface area contributed by atoms with Gasteiger partial charge in [0.1, 0.15) is 0 Å². The van der Waals surface area contributed by atoms with Gasteiger partial charge in [-0.15, -0.1) is 12.1 Å². The number of rotatable bonds is 0. The Morgan fingerprint density at radius 1 is 1.38 bits per heavy atom. The third-order valence-corrected chi connectivity index (χ3v) is 0.671. The first-order chi connectivity index (χ1) is 3.39. The van der Waals surface area contributed by atoms with Gasteiger partial charge in [-0.25, -0.2) is 4.39 Å². The first-order valence-electron chi connectivity index (χ1n) is 2.02. The molecule has 0 atom stereocenters. The van der Waals surface area contributed by atoms with Crippen molar-refractivity contribution in [3.63, 3.8) is 0 Å². The summed E-state index contributed by atoms with van der Waals surface area (Å²) in [5.41, 5.74) is 0. The van der Waals surface area contributed by atoms with Crippen molar-refractivity contribution in [1.82, 2.24) is 0 Å². The van der Waals surface area contributed by atoms with Gasteiger partial charge in [0.25, 0.3) is 0 Å². The Balaban J connectivity index is 0.000000490. The van der Waals surface area contributed by atoms with Gasteiger partial charge >= 0.3 is 0 Å². The summed E-state index contributed by atoms with van der Waals surface area (Å²) in [6.07, 6.45) is 0. The third kappa shape index (κ3) is 2.18. The van der Waals surface area contributed by atoms with Crippen molar-refractivity contribution in [2.75, 3.05) is 0 Å². The van der Waals surface area contributed by atoms with E-state index in [0.29, 0.717) is 0 Å². The van der Waals surface area contributed by atoms with E-state index in [0.717, 1.165) is 0 Å². The average Bonchev–Trinajstić information content (AvgIpc) is 1.69. The molecule has 0 saturated heterocycles. The van der Waals surface area contributed by atoms with Crippen LogP contribution in [0.25, 0.3) is 0 Å². The molecule has 0 aliphatic rings. The SMILES string of the molecule is Fc1[c-]cccc1.[Rh]. The van der Waals surface area contributed by atoms with Crippen LogP contribution in [0.5, 0.6) is 0 Å². The van der Waals surface area contributed by atoms with Gasteiger partial charge in [0.2, 0.25) is 0 Å². The molecule has 0 heterocycles. The van der Waals surface area contributed by atoms with Crippen molar-refractivity contribution in [3.8, 4) is 0 Å². The van der Waals surface area contributed by atoms with Crippen LogP contribution in [0.15, 0.2) is 24.3 Å². The topological polar surface area (TPSA) is 0 Å². The van der Waals surface area contributed by atoms with Gasteiger partial charge in [0.05, 0.1) is 0 Å². The molecule has 1 aromatic carbocycles. The van der Waals surface area contributed by atoms with Crippen molar-refractivity contribution >= 4 is 0 Å². The summed E-state index contributed by atoms with van der Waals surface area (Å²) < 4.78 is 11.9. The Morgan fingerprint density at radius 3 is 2.38 bits per heavy atom. The second kappa shape index (κ2) is 3.74. The molecule has 1 rings (SSSR count). The number of halogens is 1. The van der Waals surface area contributed by atoms with Crippen LogP contribution in [0.3, 0.4) is 0 Å². The Kier molecular flexibility index (Phi) is 3.63. The van der Waals surface area contributed by atoms with Crippen molar-refractivity contribution < 1.29 is 23.9 Å². The number of hydrogen-bond acceptors (Lipinski definition) is 0. The molecule has 0 saturated carbocycles. The van der Waals surface area contributed by atoms with E-state index in [1.54, 1.807) is 12.1 Å². The minimum Gasteiger partial charge on any atom is -0.236 e. The maximum Gasteiger partial charge on any atom is 0.0108 e. The minimum atomic E-state index is -0.303. The quantitative estimate of drug-likeness (QED) is 0.439. The zero-order valence-corrected chi connectivity index (χ0v) is 5.66. The Bertz CT molecular complexity index is 138. The molecule has 1 aromatic rings. The molecular weight excluding hydrogens is 194 g/mol. The second-order valence-electron chi connectivity index (χ2n) is 1.21. The van der Waals surface area contributed by atoms with Crippen LogP contribution in [0.2, 0.25) is 0 Å². The Morgan fingerprint density at radius 2 is 2.12 bits per heavy atom. The number of hydrogen-bond donors (Lipinski definition) is 0. The first kappa shape index (κ1) is 7.77. The van der Waals surface area contributed by atoms with Crippen molar-refractivity contribution in [3.05, 3.63) is 36.1 Å². The second-order valence-corrected chi connectivity index (χ2v) is 1.21. The Labute approximate surface area is 60.5 Å². The molecule has 0 bridgehead atoms. The van der Waals surface area contributed by atoms with Gasteiger partial charge < -0.3 is 0 Å². The van der Waals surface area contributed by atoms with Crippen LogP contribution in [-0.2, 0) is 19.5 Å². The molecule has 2 heteroatoms. The molecule has 0 unspecified atom stereocenters. The summed E-state index contributed by atoms with van der Waals surface area (Å²) in [4.78, 5) is 0. The summed E-state index contributed by atoms with van der Waals surface area (Å²) in [5.74, 6) is -0.303. The molecule has 45 valence electrons. The van der Waals surface area contributed by atoms with Gasteiger partial charge in [-0.1, -0.05) is 0 Å². The molecule has 0 amide bonds. The molecule has 1 radical (unpaired) electrons. The summed E-state index contributed by atoms with van der Waals surface area (Å²) in [7, 11) is 0. The van der Waals surface area contributed by atoms with Crippen LogP contribution < -0.4 is 0 Å². The van der Waals surface area contributed by atoms with Crippen molar-refractivity contribution in [1.29, 1.82) is 0 Å². The van der Waals surface area contributed by atoms with Crippen LogP contribution in [0.4, 0.5) is 4.39 Å². The third-order valence-electron chi connectivity index (χ3n) is 0.671. The fourth-order valence-corrected chi connectivity index (χ4v) is 0.371. The number of benzene rings is 1. The van der Waals surface area contributed by atoms with Gasteiger partial charge in [-0.2, -0.15) is 18.2 Å². The molecule has 0 aliphatic heterocycles. The van der Waals surface area contributed by atoms with E-state index in [2.05, 4.69) is 6.07 Å². The predicted octanol–water partition coefficient (Wildman–Crippen LogP) is 1.62. The molecular formula is C6H4FRh-. The van der Waals surface area contributed by atoms with Crippen molar-refractivity contribution in [2.45, 2.75) is 0 Å². The van der Waals surface area contributed by atoms with Crippen LogP contribution in [0.1, 0.15) is 0 Å². The summed E-state index contributed by atoms with van der Waals surface area (Å²) in [6.45, 7) is 0. The molecule has 0 aliphatic carbocycles. The van der Waals surface area contributed by atoms with Gasteiger partial charge in [-0.05, 0) is 0 Å². The summed E-state index contributed by atoms with van der Waals surface area (Å²) >= 11 is 0. The molecule has 0 aromatic heterocycles. The maximum absolute atomic E-state index is 11.9. The van der Waals surface area contributed by atoms with E-state index < -0.39 is 0 Å². The van der Waals surface area contributed by atoms with Crippen LogP contribution >= 0.6 is 0 Å². The summed E-state index contributed by atoms with van der Waals surface area (Å²) in [6, 6.07) is 8.62. The normalized spacial score (nSPS) is 7.62. The molecule has 8 heavy (non-hydrogen) atoms. The monoisotopic (exact) mass is 198 g/mol. The molecule has 0 spiro atoms. The standard InChI is InChI=1S/C6H4F.Rh/c7-6-4-2-1-3-5-6;/h1-4H;/q-1;. The van der Waals surface area contributed by atoms with Gasteiger partial charge in [-0.3, -0.25) is 0 Å². The van der Waals surface area contributed by atoms with E-state index in [-0.39, 0.29) is 25.3 Å². The minimum absolute atomic E-state index is 0. The van der Waals surface area contributed by atoms with E-state index in [1.807, 2.05) is 0 Å². The predicted molar refractivity (Wildman–Crippen MR) is 25.2 cm³/mol. The fourth-order valence-electron chi connectivity index (χ4n) is 0.371. The van der Waals surface area contributed by atoms with E-state index >= 15 is 0 Å². The van der Waals surface area contributed by atoms with Crippen LogP contribution in [0, 0.1) is 11.9 Å². The molecule has 0 N–H and O–H groups in total. The first-order valence-corrected chi connectivity index (χ1v) is 2.02. The van der Waals surface area contributed by atoms with Gasteiger partial charge in [0.15, 0.2) is 0 Å². The largest absolute Gasteiger partial charge is 0.236 e. The van der Waals surface area contributed by atoms with E-state index in [4.69, 9.17) is 0 Å². The van der Waals surface area contributed by atoms with E-state index in [9.17, 15) is 4.39 Å². The maximum atomic E-state index is 11.9. The molecule has 0 fully saturated rings. The van der Waals surface area contributed by atoms with Crippen LogP contribution in [-0.4, -0.2) is 0 Å². The van der Waals surface area contributed by atoms with Gasteiger partial charge in [0, 0.05) is 25.3 Å².